The summed E-state index contributed by atoms with van der Waals surface area (Å²) in [7, 11) is -0.0357. The van der Waals surface area contributed by atoms with Gasteiger partial charge in [0.1, 0.15) is 5.69 Å². The molecular formula is C22H26N4O6S. The summed E-state index contributed by atoms with van der Waals surface area (Å²) in [5.74, 6) is -1.02. The molecule has 11 heteroatoms. The second-order valence-electron chi connectivity index (χ2n) is 8.16. The molecule has 3 rings (SSSR count). The average Bonchev–Trinajstić information content (AvgIpc) is 2.77. The predicted octanol–water partition coefficient (Wildman–Crippen LogP) is 2.05. The van der Waals surface area contributed by atoms with Crippen molar-refractivity contribution in [1.29, 1.82) is 0 Å². The van der Waals surface area contributed by atoms with Gasteiger partial charge in [-0.1, -0.05) is 18.2 Å². The van der Waals surface area contributed by atoms with Crippen LogP contribution in [0.5, 0.6) is 0 Å². The molecule has 0 radical (unpaired) electrons. The van der Waals surface area contributed by atoms with Crippen LogP contribution in [0, 0.1) is 10.1 Å². The summed E-state index contributed by atoms with van der Waals surface area (Å²) in [6.45, 7) is 0.570. The van der Waals surface area contributed by atoms with E-state index in [9.17, 15) is 28.1 Å². The molecular weight excluding hydrogens is 448 g/mol. The number of piperidine rings is 1. The number of nitro benzene ring substituents is 1. The molecule has 1 unspecified atom stereocenters. The van der Waals surface area contributed by atoms with Gasteiger partial charge in [-0.25, -0.2) is 12.7 Å². The molecule has 0 aliphatic carbocycles. The minimum Gasteiger partial charge on any atom is -0.372 e. The van der Waals surface area contributed by atoms with Crippen molar-refractivity contribution in [2.75, 3.05) is 38.3 Å². The highest BCUT2D eigenvalue weighted by Gasteiger charge is 2.28. The summed E-state index contributed by atoms with van der Waals surface area (Å²) < 4.78 is 25.0. The molecule has 1 fully saturated rings. The van der Waals surface area contributed by atoms with Gasteiger partial charge in [0.2, 0.25) is 10.0 Å². The molecule has 0 spiro atoms. The van der Waals surface area contributed by atoms with Crippen molar-refractivity contribution >= 4 is 33.1 Å². The fourth-order valence-electron chi connectivity index (χ4n) is 3.85. The van der Waals surface area contributed by atoms with Crippen LogP contribution in [-0.4, -0.2) is 68.8 Å². The number of rotatable bonds is 7. The zero-order valence-electron chi connectivity index (χ0n) is 18.6. The largest absolute Gasteiger partial charge is 0.372 e. The lowest BCUT2D eigenvalue weighted by Crippen LogP contribution is -2.49. The van der Waals surface area contributed by atoms with E-state index >= 15 is 0 Å². The van der Waals surface area contributed by atoms with Gasteiger partial charge in [-0.05, 0) is 31.0 Å². The zero-order chi connectivity index (χ0) is 24.3. The first kappa shape index (κ1) is 24.3. The second-order valence-corrected chi connectivity index (χ2v) is 10.1. The smallest absolute Gasteiger partial charge is 0.293 e. The molecule has 1 atom stereocenters. The van der Waals surface area contributed by atoms with Crippen molar-refractivity contribution in [3.05, 3.63) is 69.3 Å². The van der Waals surface area contributed by atoms with Gasteiger partial charge < -0.3 is 10.2 Å². The molecule has 1 N–H and O–H groups in total. The molecule has 0 saturated carbocycles. The standard InChI is InChI=1S/C22H26N4O6S/c1-24(2)19-11-10-15(13-20(19)26(29)30)21(27)17-8-4-5-9-18(17)22(28)23-16-7-6-12-25(14-16)33(3,31)32/h4-5,8-11,13,16H,6-7,12,14H2,1-3H3,(H,23,28). The topological polar surface area (TPSA) is 130 Å². The molecule has 10 nitrogen and oxygen atoms in total. The maximum atomic E-state index is 13.2. The number of nitro groups is 1. The van der Waals surface area contributed by atoms with E-state index < -0.39 is 26.6 Å². The van der Waals surface area contributed by atoms with E-state index in [1.165, 1.54) is 34.6 Å². The molecule has 2 aromatic carbocycles. The van der Waals surface area contributed by atoms with Crippen LogP contribution < -0.4 is 10.2 Å². The first-order valence-corrected chi connectivity index (χ1v) is 12.2. The van der Waals surface area contributed by atoms with Crippen LogP contribution in [0.15, 0.2) is 42.5 Å². The lowest BCUT2D eigenvalue weighted by atomic mass is 9.96. The van der Waals surface area contributed by atoms with Crippen molar-refractivity contribution in [3.8, 4) is 0 Å². The fourth-order valence-corrected chi connectivity index (χ4v) is 4.76. The van der Waals surface area contributed by atoms with Gasteiger partial charge in [0.15, 0.2) is 5.78 Å². The Morgan fingerprint density at radius 2 is 1.82 bits per heavy atom. The number of carbonyl (C=O) groups excluding carboxylic acids is 2. The van der Waals surface area contributed by atoms with Crippen LogP contribution in [0.4, 0.5) is 11.4 Å². The highest BCUT2D eigenvalue weighted by atomic mass is 32.2. The lowest BCUT2D eigenvalue weighted by Gasteiger charge is -2.31. The summed E-state index contributed by atoms with van der Waals surface area (Å²) in [5.41, 5.74) is 0.468. The van der Waals surface area contributed by atoms with E-state index in [1.807, 2.05) is 0 Å². The van der Waals surface area contributed by atoms with Gasteiger partial charge in [0, 0.05) is 50.4 Å². The molecule has 2 aromatic rings. The molecule has 176 valence electrons. The average molecular weight is 475 g/mol. The van der Waals surface area contributed by atoms with Gasteiger partial charge in [0.25, 0.3) is 11.6 Å². The number of ketones is 1. The number of carbonyl (C=O) groups is 2. The SMILES string of the molecule is CN(C)c1ccc(C(=O)c2ccccc2C(=O)NC2CCCN(S(C)(=O)=O)C2)cc1[N+](=O)[O-]. The normalized spacial score (nSPS) is 16.8. The number of anilines is 1. The van der Waals surface area contributed by atoms with Crippen LogP contribution in [0.2, 0.25) is 0 Å². The molecule has 1 aliphatic heterocycles. The van der Waals surface area contributed by atoms with Gasteiger partial charge >= 0.3 is 0 Å². The molecule has 1 heterocycles. The van der Waals surface area contributed by atoms with Gasteiger partial charge in [0.05, 0.1) is 16.7 Å². The summed E-state index contributed by atoms with van der Waals surface area (Å²) in [5, 5.41) is 14.3. The van der Waals surface area contributed by atoms with Crippen LogP contribution in [0.25, 0.3) is 0 Å². The van der Waals surface area contributed by atoms with Gasteiger partial charge in [-0.3, -0.25) is 19.7 Å². The summed E-state index contributed by atoms with van der Waals surface area (Å²) in [6, 6.07) is 10.0. The van der Waals surface area contributed by atoms with E-state index in [0.717, 1.165) is 6.26 Å². The second kappa shape index (κ2) is 9.67. The molecule has 1 saturated heterocycles. The predicted molar refractivity (Wildman–Crippen MR) is 124 cm³/mol. The Morgan fingerprint density at radius 3 is 2.42 bits per heavy atom. The minimum absolute atomic E-state index is 0.0912. The van der Waals surface area contributed by atoms with Crippen molar-refractivity contribution in [2.24, 2.45) is 0 Å². The molecule has 1 aliphatic rings. The van der Waals surface area contributed by atoms with Crippen LogP contribution in [-0.2, 0) is 10.0 Å². The van der Waals surface area contributed by atoms with E-state index in [0.29, 0.717) is 25.1 Å². The van der Waals surface area contributed by atoms with Gasteiger partial charge in [-0.2, -0.15) is 0 Å². The molecule has 1 amide bonds. The van der Waals surface area contributed by atoms with Crippen molar-refractivity contribution in [2.45, 2.75) is 18.9 Å². The summed E-state index contributed by atoms with van der Waals surface area (Å²) >= 11 is 0. The zero-order valence-corrected chi connectivity index (χ0v) is 19.5. The number of hydrogen-bond acceptors (Lipinski definition) is 7. The number of sulfonamides is 1. The van der Waals surface area contributed by atoms with E-state index in [-0.39, 0.29) is 35.0 Å². The first-order valence-electron chi connectivity index (χ1n) is 10.3. The third-order valence-electron chi connectivity index (χ3n) is 5.52. The Bertz CT molecular complexity index is 1200. The molecule has 0 aromatic heterocycles. The maximum Gasteiger partial charge on any atom is 0.293 e. The number of nitrogens with zero attached hydrogens (tertiary/aromatic N) is 3. The van der Waals surface area contributed by atoms with Crippen molar-refractivity contribution < 1.29 is 22.9 Å². The first-order chi connectivity index (χ1) is 15.5. The number of amides is 1. The molecule has 0 bridgehead atoms. The Hall–Kier alpha value is -3.31. The number of hydrogen-bond donors (Lipinski definition) is 1. The van der Waals surface area contributed by atoms with Gasteiger partial charge in [-0.15, -0.1) is 0 Å². The Morgan fingerprint density at radius 1 is 1.15 bits per heavy atom. The van der Waals surface area contributed by atoms with Crippen molar-refractivity contribution in [1.82, 2.24) is 9.62 Å². The summed E-state index contributed by atoms with van der Waals surface area (Å²) in [6.07, 6.45) is 2.36. The van der Waals surface area contributed by atoms with Crippen LogP contribution in [0.1, 0.15) is 39.1 Å². The molecule has 33 heavy (non-hydrogen) atoms. The quantitative estimate of drug-likeness (QED) is 0.369. The third-order valence-corrected chi connectivity index (χ3v) is 6.79. The Balaban J connectivity index is 1.87. The maximum absolute atomic E-state index is 13.2. The number of nitrogens with one attached hydrogen (secondary N) is 1. The van der Waals surface area contributed by atoms with Crippen LogP contribution >= 0.6 is 0 Å². The lowest BCUT2D eigenvalue weighted by molar-refractivity contribution is -0.384. The number of benzene rings is 2. The highest BCUT2D eigenvalue weighted by molar-refractivity contribution is 7.88. The van der Waals surface area contributed by atoms with E-state index in [1.54, 1.807) is 31.1 Å². The Kier molecular flexibility index (Phi) is 7.13. The van der Waals surface area contributed by atoms with E-state index in [4.69, 9.17) is 0 Å². The van der Waals surface area contributed by atoms with Crippen molar-refractivity contribution in [3.63, 3.8) is 0 Å². The summed E-state index contributed by atoms with van der Waals surface area (Å²) in [4.78, 5) is 38.7. The fraction of sp³-hybridized carbons (Fsp3) is 0.364. The van der Waals surface area contributed by atoms with E-state index in [2.05, 4.69) is 5.32 Å². The minimum atomic E-state index is -3.37. The highest BCUT2D eigenvalue weighted by Crippen LogP contribution is 2.29. The van der Waals surface area contributed by atoms with Crippen LogP contribution in [0.3, 0.4) is 0 Å². The Labute approximate surface area is 192 Å². The monoisotopic (exact) mass is 474 g/mol. The third kappa shape index (κ3) is 5.55.